The molecule has 0 spiro atoms. The molecule has 2 aromatic heterocycles. The van der Waals surface area contributed by atoms with E-state index in [1.165, 1.54) is 36.2 Å². The Morgan fingerprint density at radius 3 is 3.10 bits per heavy atom. The Morgan fingerprint density at radius 2 is 2.19 bits per heavy atom. The number of pyridine rings is 1. The molecule has 0 bridgehead atoms. The molecule has 1 saturated heterocycles. The molecule has 4 rings (SSSR count). The van der Waals surface area contributed by atoms with Crippen LogP contribution in [0.5, 0.6) is 0 Å². The van der Waals surface area contributed by atoms with Gasteiger partial charge in [0, 0.05) is 31.1 Å². The van der Waals surface area contributed by atoms with Crippen molar-refractivity contribution in [1.82, 2.24) is 9.55 Å². The van der Waals surface area contributed by atoms with Gasteiger partial charge in [-0.1, -0.05) is 0 Å². The van der Waals surface area contributed by atoms with Crippen LogP contribution in [0.4, 0.5) is 5.69 Å². The number of nitrogens with one attached hydrogen (secondary N) is 1. The van der Waals surface area contributed by atoms with Crippen molar-refractivity contribution in [3.05, 3.63) is 36.3 Å². The second kappa shape index (κ2) is 5.53. The highest BCUT2D eigenvalue weighted by Crippen LogP contribution is 2.28. The average Bonchev–Trinajstić information content (AvgIpc) is 3.05. The Labute approximate surface area is 125 Å². The molecule has 1 fully saturated rings. The lowest BCUT2D eigenvalue weighted by molar-refractivity contribution is -0.0317. The van der Waals surface area contributed by atoms with E-state index in [4.69, 9.17) is 9.72 Å². The molecular formula is C17H21N3O. The van der Waals surface area contributed by atoms with Gasteiger partial charge in [0.1, 0.15) is 6.23 Å². The maximum atomic E-state index is 5.84. The van der Waals surface area contributed by atoms with E-state index < -0.39 is 0 Å². The zero-order chi connectivity index (χ0) is 14.1. The van der Waals surface area contributed by atoms with E-state index >= 15 is 0 Å². The van der Waals surface area contributed by atoms with Crippen LogP contribution in [0.1, 0.15) is 37.6 Å². The van der Waals surface area contributed by atoms with Crippen molar-refractivity contribution in [2.24, 2.45) is 0 Å². The average molecular weight is 283 g/mol. The Balaban J connectivity index is 1.60. The Morgan fingerprint density at radius 1 is 1.19 bits per heavy atom. The molecule has 1 atom stereocenters. The van der Waals surface area contributed by atoms with Crippen LogP contribution >= 0.6 is 0 Å². The molecule has 0 saturated carbocycles. The SMILES string of the molecule is c1cn(C2CCCCO2)cc1-c1ccc2c(n1)CCCN2. The largest absolute Gasteiger partial charge is 0.384 e. The van der Waals surface area contributed by atoms with E-state index in [2.05, 4.69) is 40.5 Å². The van der Waals surface area contributed by atoms with Crippen molar-refractivity contribution in [1.29, 1.82) is 0 Å². The molecule has 0 aromatic carbocycles. The topological polar surface area (TPSA) is 39.1 Å². The van der Waals surface area contributed by atoms with E-state index in [-0.39, 0.29) is 6.23 Å². The predicted octanol–water partition coefficient (Wildman–Crippen LogP) is 3.61. The van der Waals surface area contributed by atoms with Crippen LogP contribution in [-0.4, -0.2) is 22.7 Å². The Kier molecular flexibility index (Phi) is 3.39. The second-order valence-corrected chi connectivity index (χ2v) is 5.89. The van der Waals surface area contributed by atoms with Crippen molar-refractivity contribution in [3.63, 3.8) is 0 Å². The zero-order valence-corrected chi connectivity index (χ0v) is 12.2. The number of hydrogen-bond acceptors (Lipinski definition) is 3. The second-order valence-electron chi connectivity index (χ2n) is 5.89. The van der Waals surface area contributed by atoms with Crippen LogP contribution in [0.15, 0.2) is 30.6 Å². The van der Waals surface area contributed by atoms with E-state index in [0.717, 1.165) is 31.7 Å². The maximum absolute atomic E-state index is 5.84. The molecule has 4 nitrogen and oxygen atoms in total. The van der Waals surface area contributed by atoms with Crippen LogP contribution in [-0.2, 0) is 11.2 Å². The first-order chi connectivity index (χ1) is 10.4. The van der Waals surface area contributed by atoms with Gasteiger partial charge in [0.25, 0.3) is 0 Å². The van der Waals surface area contributed by atoms with Crippen molar-refractivity contribution < 1.29 is 4.74 Å². The van der Waals surface area contributed by atoms with Gasteiger partial charge in [-0.3, -0.25) is 4.98 Å². The predicted molar refractivity (Wildman–Crippen MR) is 83.3 cm³/mol. The normalized spacial score (nSPS) is 21.6. The lowest BCUT2D eigenvalue weighted by Gasteiger charge is -2.23. The van der Waals surface area contributed by atoms with Crippen LogP contribution in [0.3, 0.4) is 0 Å². The summed E-state index contributed by atoms with van der Waals surface area (Å²) in [6, 6.07) is 6.41. The van der Waals surface area contributed by atoms with E-state index in [0.29, 0.717) is 0 Å². The van der Waals surface area contributed by atoms with Gasteiger partial charge in [-0.15, -0.1) is 0 Å². The minimum atomic E-state index is 0.201. The van der Waals surface area contributed by atoms with Gasteiger partial charge in [-0.25, -0.2) is 0 Å². The summed E-state index contributed by atoms with van der Waals surface area (Å²) in [6.45, 7) is 1.93. The first-order valence-corrected chi connectivity index (χ1v) is 7.93. The monoisotopic (exact) mass is 283 g/mol. The highest BCUT2D eigenvalue weighted by molar-refractivity contribution is 5.63. The number of fused-ring (bicyclic) bond motifs is 1. The molecule has 4 heteroatoms. The first-order valence-electron chi connectivity index (χ1n) is 7.93. The third kappa shape index (κ3) is 2.56. The molecular weight excluding hydrogens is 262 g/mol. The molecule has 1 unspecified atom stereocenters. The van der Waals surface area contributed by atoms with E-state index in [1.807, 2.05) is 0 Å². The standard InChI is InChI=1S/C17H21N3O/c1-2-11-21-17(5-1)20-10-8-13(12-20)14-6-7-15-16(19-14)4-3-9-18-15/h6-8,10,12,17-18H,1-5,9,11H2. The van der Waals surface area contributed by atoms with Crippen molar-refractivity contribution in [2.75, 3.05) is 18.5 Å². The molecule has 2 aliphatic heterocycles. The zero-order valence-electron chi connectivity index (χ0n) is 12.2. The molecule has 4 heterocycles. The number of nitrogens with zero attached hydrogens (tertiary/aromatic N) is 2. The van der Waals surface area contributed by atoms with Crippen molar-refractivity contribution in [2.45, 2.75) is 38.3 Å². The van der Waals surface area contributed by atoms with Crippen LogP contribution in [0.2, 0.25) is 0 Å². The summed E-state index contributed by atoms with van der Waals surface area (Å²) in [6.07, 6.45) is 10.3. The van der Waals surface area contributed by atoms with Gasteiger partial charge in [0.2, 0.25) is 0 Å². The summed E-state index contributed by atoms with van der Waals surface area (Å²) in [7, 11) is 0. The molecule has 0 amide bonds. The quantitative estimate of drug-likeness (QED) is 0.915. The lowest BCUT2D eigenvalue weighted by atomic mass is 10.1. The number of ether oxygens (including phenoxy) is 1. The van der Waals surface area contributed by atoms with E-state index in [1.54, 1.807) is 0 Å². The molecule has 0 radical (unpaired) electrons. The molecule has 21 heavy (non-hydrogen) atoms. The van der Waals surface area contributed by atoms with Crippen LogP contribution in [0.25, 0.3) is 11.3 Å². The summed E-state index contributed by atoms with van der Waals surface area (Å²) in [4.78, 5) is 4.83. The number of hydrogen-bond donors (Lipinski definition) is 1. The highest BCUT2D eigenvalue weighted by atomic mass is 16.5. The maximum Gasteiger partial charge on any atom is 0.133 e. The fraction of sp³-hybridized carbons (Fsp3) is 0.471. The molecule has 0 aliphatic carbocycles. The molecule has 1 N–H and O–H groups in total. The lowest BCUT2D eigenvalue weighted by Crippen LogP contribution is -2.16. The molecule has 2 aromatic rings. The third-order valence-electron chi connectivity index (χ3n) is 4.38. The smallest absolute Gasteiger partial charge is 0.133 e. The minimum Gasteiger partial charge on any atom is -0.384 e. The number of anilines is 1. The summed E-state index contributed by atoms with van der Waals surface area (Å²) < 4.78 is 8.02. The van der Waals surface area contributed by atoms with Gasteiger partial charge < -0.3 is 14.6 Å². The minimum absolute atomic E-state index is 0.201. The Hall–Kier alpha value is -1.81. The fourth-order valence-electron chi connectivity index (χ4n) is 3.20. The highest BCUT2D eigenvalue weighted by Gasteiger charge is 2.16. The third-order valence-corrected chi connectivity index (χ3v) is 4.38. The van der Waals surface area contributed by atoms with E-state index in [9.17, 15) is 0 Å². The summed E-state index contributed by atoms with van der Waals surface area (Å²) in [5.74, 6) is 0. The number of aromatic nitrogens is 2. The Bertz CT molecular complexity index is 629. The summed E-state index contributed by atoms with van der Waals surface area (Å²) in [5, 5.41) is 3.41. The van der Waals surface area contributed by atoms with Gasteiger partial charge in [0.15, 0.2) is 0 Å². The number of aryl methyl sites for hydroxylation is 1. The van der Waals surface area contributed by atoms with Crippen LogP contribution in [0, 0.1) is 0 Å². The molecule has 2 aliphatic rings. The summed E-state index contributed by atoms with van der Waals surface area (Å²) >= 11 is 0. The van der Waals surface area contributed by atoms with Crippen molar-refractivity contribution in [3.8, 4) is 11.3 Å². The van der Waals surface area contributed by atoms with Crippen LogP contribution < -0.4 is 5.32 Å². The van der Waals surface area contributed by atoms with Crippen molar-refractivity contribution >= 4 is 5.69 Å². The van der Waals surface area contributed by atoms with Gasteiger partial charge in [-0.05, 0) is 50.3 Å². The van der Waals surface area contributed by atoms with Gasteiger partial charge >= 0.3 is 0 Å². The number of rotatable bonds is 2. The van der Waals surface area contributed by atoms with Gasteiger partial charge in [-0.2, -0.15) is 0 Å². The summed E-state index contributed by atoms with van der Waals surface area (Å²) in [5.41, 5.74) is 4.63. The van der Waals surface area contributed by atoms with Gasteiger partial charge in [0.05, 0.1) is 17.1 Å². The first kappa shape index (κ1) is 12.9. The fourth-order valence-corrected chi connectivity index (χ4v) is 3.20. The molecule has 110 valence electrons.